The first-order valence-electron chi connectivity index (χ1n) is 8.50. The molecule has 4 rings (SSSR count). The van der Waals surface area contributed by atoms with Crippen molar-refractivity contribution in [2.75, 3.05) is 0 Å². The molecule has 2 N–H and O–H groups in total. The Bertz CT molecular complexity index is 1610. The predicted molar refractivity (Wildman–Crippen MR) is 120 cm³/mol. The number of aromatic amines is 2. The number of aromatic nitrogens is 4. The van der Waals surface area contributed by atoms with E-state index in [0.29, 0.717) is 0 Å². The zero-order valence-electron chi connectivity index (χ0n) is 15.4. The maximum Gasteiger partial charge on any atom is 0.332 e. The van der Waals surface area contributed by atoms with Gasteiger partial charge in [-0.3, -0.25) is 19.1 Å². The van der Waals surface area contributed by atoms with Gasteiger partial charge in [0, 0.05) is 6.20 Å². The van der Waals surface area contributed by atoms with E-state index in [9.17, 15) is 14.4 Å². The third-order valence-electron chi connectivity index (χ3n) is 4.32. The number of nitrogens with zero attached hydrogens (tertiary/aromatic N) is 3. The molecule has 160 valence electrons. The summed E-state index contributed by atoms with van der Waals surface area (Å²) in [4.78, 5) is 37.9. The molecule has 0 amide bonds. The van der Waals surface area contributed by atoms with Gasteiger partial charge in [-0.25, -0.2) is 9.89 Å². The van der Waals surface area contributed by atoms with E-state index in [2.05, 4.69) is 10.2 Å². The lowest BCUT2D eigenvalue weighted by atomic mass is 10.2. The molecule has 13 heteroatoms. The smallest absolute Gasteiger partial charge is 0.332 e. The van der Waals surface area contributed by atoms with Gasteiger partial charge >= 0.3 is 5.69 Å². The summed E-state index contributed by atoms with van der Waals surface area (Å²) in [5.74, 6) is -0.0790. The normalized spacial score (nSPS) is 10.8. The molecule has 0 aliphatic heterocycles. The van der Waals surface area contributed by atoms with Gasteiger partial charge < -0.3 is 4.74 Å². The summed E-state index contributed by atoms with van der Waals surface area (Å²) in [7, 11) is 0. The van der Waals surface area contributed by atoms with Crippen LogP contribution >= 0.6 is 46.4 Å². The lowest BCUT2D eigenvalue weighted by molar-refractivity contribution is 0.461. The Labute approximate surface area is 197 Å². The number of benzene rings is 2. The Hall–Kier alpha value is -3.29. The van der Waals surface area contributed by atoms with E-state index in [-0.39, 0.29) is 53.7 Å². The largest absolute Gasteiger partial charge is 0.434 e. The van der Waals surface area contributed by atoms with Crippen molar-refractivity contribution in [1.29, 1.82) is 5.26 Å². The summed E-state index contributed by atoms with van der Waals surface area (Å²) in [6, 6.07) is 7.14. The molecule has 2 aromatic heterocycles. The minimum atomic E-state index is -0.819. The highest BCUT2D eigenvalue weighted by atomic mass is 35.5. The van der Waals surface area contributed by atoms with Crippen molar-refractivity contribution in [3.8, 4) is 23.4 Å². The minimum absolute atomic E-state index is 0.0229. The van der Waals surface area contributed by atoms with Crippen LogP contribution in [0.2, 0.25) is 20.1 Å². The summed E-state index contributed by atoms with van der Waals surface area (Å²) in [5.41, 5.74) is -2.24. The molecule has 0 aliphatic carbocycles. The molecule has 0 saturated heterocycles. The van der Waals surface area contributed by atoms with Crippen molar-refractivity contribution in [3.05, 3.63) is 87.3 Å². The van der Waals surface area contributed by atoms with Crippen molar-refractivity contribution >= 4 is 57.2 Å². The van der Waals surface area contributed by atoms with Gasteiger partial charge in [0.15, 0.2) is 5.75 Å². The molecule has 0 spiro atoms. The predicted octanol–water partition coefficient (Wildman–Crippen LogP) is 4.04. The highest BCUT2D eigenvalue weighted by Crippen LogP contribution is 2.39. The van der Waals surface area contributed by atoms with E-state index >= 15 is 0 Å². The van der Waals surface area contributed by atoms with Crippen LogP contribution in [-0.4, -0.2) is 19.7 Å². The van der Waals surface area contributed by atoms with Gasteiger partial charge in [-0.05, 0) is 24.3 Å². The monoisotopic (exact) mass is 509 g/mol. The Balaban J connectivity index is 1.83. The average molecular weight is 511 g/mol. The second-order valence-corrected chi connectivity index (χ2v) is 7.92. The first-order valence-corrected chi connectivity index (χ1v) is 10.0. The zero-order chi connectivity index (χ0) is 23.2. The molecule has 0 atom stereocenters. The molecule has 0 unspecified atom stereocenters. The van der Waals surface area contributed by atoms with Crippen molar-refractivity contribution in [3.63, 3.8) is 0 Å². The molecule has 2 heterocycles. The average Bonchev–Trinajstić information content (AvgIpc) is 2.73. The Morgan fingerprint density at radius 3 is 2.16 bits per heavy atom. The molecule has 32 heavy (non-hydrogen) atoms. The third kappa shape index (κ3) is 3.85. The summed E-state index contributed by atoms with van der Waals surface area (Å²) in [6.45, 7) is 0. The van der Waals surface area contributed by atoms with Crippen LogP contribution in [0.4, 0.5) is 0 Å². The highest BCUT2D eigenvalue weighted by Gasteiger charge is 2.17. The van der Waals surface area contributed by atoms with Crippen LogP contribution in [0, 0.1) is 11.3 Å². The summed E-state index contributed by atoms with van der Waals surface area (Å²) in [5, 5.41) is 15.9. The van der Waals surface area contributed by atoms with Crippen LogP contribution in [0.15, 0.2) is 44.8 Å². The number of nitrogens with one attached hydrogen (secondary N) is 2. The fourth-order valence-electron chi connectivity index (χ4n) is 2.83. The molecular formula is C19H7Cl4N5O4. The second kappa shape index (κ2) is 8.33. The number of fused-ring (bicyclic) bond motifs is 1. The van der Waals surface area contributed by atoms with E-state index in [1.165, 1.54) is 24.3 Å². The standard InChI is InChI=1S/C19H7Cl4N5O4/c20-11-3-9-10(4-12(11)21)18(27-26-17(9)30)32-15-13(22)1-8(2-14(15)23)28-6-7(5-24)16(29)25-19(28)31/h1-4,6H,(H,26,30)(H,25,29,31). The van der Waals surface area contributed by atoms with Gasteiger partial charge in [-0.15, -0.1) is 5.10 Å². The van der Waals surface area contributed by atoms with E-state index in [4.69, 9.17) is 56.4 Å². The highest BCUT2D eigenvalue weighted by molar-refractivity contribution is 6.43. The fraction of sp³-hybridized carbons (Fsp3) is 0. The van der Waals surface area contributed by atoms with Crippen molar-refractivity contribution in [2.24, 2.45) is 0 Å². The SMILES string of the molecule is N#Cc1cn(-c2cc(Cl)c(Oc3n[nH]c(=O)c4cc(Cl)c(Cl)cc34)c(Cl)c2)c(=O)[nH]c1=O. The van der Waals surface area contributed by atoms with Gasteiger partial charge in [0.1, 0.15) is 11.6 Å². The van der Waals surface area contributed by atoms with Crippen molar-refractivity contribution < 1.29 is 4.74 Å². The van der Waals surface area contributed by atoms with Gasteiger partial charge in [-0.2, -0.15) is 5.26 Å². The summed E-state index contributed by atoms with van der Waals surface area (Å²) in [6.07, 6.45) is 1.06. The Morgan fingerprint density at radius 2 is 1.53 bits per heavy atom. The summed E-state index contributed by atoms with van der Waals surface area (Å²) >= 11 is 24.7. The molecule has 4 aromatic rings. The molecule has 9 nitrogen and oxygen atoms in total. The van der Waals surface area contributed by atoms with Crippen LogP contribution in [0.3, 0.4) is 0 Å². The molecular weight excluding hydrogens is 504 g/mol. The lowest BCUT2D eigenvalue weighted by Crippen LogP contribution is -2.30. The first-order chi connectivity index (χ1) is 15.2. The zero-order valence-corrected chi connectivity index (χ0v) is 18.4. The first kappa shape index (κ1) is 21.9. The number of hydrogen-bond donors (Lipinski definition) is 2. The maximum absolute atomic E-state index is 12.2. The number of halogens is 4. The van der Waals surface area contributed by atoms with E-state index in [1.54, 1.807) is 6.07 Å². The number of H-pyrrole nitrogens is 2. The minimum Gasteiger partial charge on any atom is -0.434 e. The molecule has 0 bridgehead atoms. The number of ether oxygens (including phenoxy) is 1. The van der Waals surface area contributed by atoms with E-state index in [0.717, 1.165) is 10.8 Å². The van der Waals surface area contributed by atoms with Crippen molar-refractivity contribution in [1.82, 2.24) is 19.7 Å². The van der Waals surface area contributed by atoms with Gasteiger partial charge in [0.05, 0.1) is 36.6 Å². The van der Waals surface area contributed by atoms with Crippen LogP contribution in [0.25, 0.3) is 16.5 Å². The van der Waals surface area contributed by atoms with Crippen LogP contribution in [0.1, 0.15) is 5.56 Å². The Kier molecular flexibility index (Phi) is 5.71. The molecule has 0 radical (unpaired) electrons. The molecule has 0 fully saturated rings. The lowest BCUT2D eigenvalue weighted by Gasteiger charge is -2.13. The third-order valence-corrected chi connectivity index (χ3v) is 5.60. The second-order valence-electron chi connectivity index (χ2n) is 6.29. The topological polar surface area (TPSA) is 134 Å². The molecule has 2 aromatic carbocycles. The maximum atomic E-state index is 12.2. The van der Waals surface area contributed by atoms with E-state index < -0.39 is 16.8 Å². The Morgan fingerprint density at radius 1 is 0.906 bits per heavy atom. The van der Waals surface area contributed by atoms with Gasteiger partial charge in [-0.1, -0.05) is 46.4 Å². The summed E-state index contributed by atoms with van der Waals surface area (Å²) < 4.78 is 6.74. The fourth-order valence-corrected chi connectivity index (χ4v) is 3.71. The van der Waals surface area contributed by atoms with Gasteiger partial charge in [0.25, 0.3) is 11.1 Å². The quantitative estimate of drug-likeness (QED) is 0.427. The molecule has 0 aliphatic rings. The number of nitriles is 1. The molecule has 0 saturated carbocycles. The number of hydrogen-bond acceptors (Lipinski definition) is 6. The van der Waals surface area contributed by atoms with Crippen molar-refractivity contribution in [2.45, 2.75) is 0 Å². The van der Waals surface area contributed by atoms with Crippen LogP contribution in [-0.2, 0) is 0 Å². The van der Waals surface area contributed by atoms with E-state index in [1.807, 2.05) is 4.98 Å². The van der Waals surface area contributed by atoms with Crippen LogP contribution in [0.5, 0.6) is 11.6 Å². The van der Waals surface area contributed by atoms with Crippen LogP contribution < -0.4 is 21.5 Å². The van der Waals surface area contributed by atoms with Gasteiger partial charge in [0.2, 0.25) is 5.88 Å². The number of rotatable bonds is 3.